The van der Waals surface area contributed by atoms with Crippen LogP contribution in [0, 0.1) is 0 Å². The maximum Gasteiger partial charge on any atom is 0.0399 e. The van der Waals surface area contributed by atoms with Crippen molar-refractivity contribution in [1.82, 2.24) is 5.32 Å². The van der Waals surface area contributed by atoms with Crippen LogP contribution in [0.2, 0.25) is 0 Å². The molecule has 1 aliphatic heterocycles. The number of hydrogen-bond donors (Lipinski definition) is 1. The molecule has 1 aromatic rings. The standard InChI is InChI=1S/C16H24N2/c1-2-7-15(8-3-1)17-11-13-18-12-10-14-6-4-5-9-16(14)18/h4-6,9,15,17H,1-3,7-8,10-13H2. The molecule has 0 amide bonds. The Hall–Kier alpha value is -1.02. The van der Waals surface area contributed by atoms with E-state index in [9.17, 15) is 0 Å². The van der Waals surface area contributed by atoms with Crippen LogP contribution in [0.5, 0.6) is 0 Å². The Bertz CT molecular complexity index is 382. The lowest BCUT2D eigenvalue weighted by Gasteiger charge is -2.25. The second-order valence-corrected chi connectivity index (χ2v) is 5.65. The Kier molecular flexibility index (Phi) is 3.84. The van der Waals surface area contributed by atoms with Crippen LogP contribution in [0.15, 0.2) is 24.3 Å². The third-order valence-electron chi connectivity index (χ3n) is 4.40. The molecule has 3 rings (SSSR count). The fourth-order valence-corrected chi connectivity index (χ4v) is 3.35. The number of hydrogen-bond acceptors (Lipinski definition) is 2. The first-order valence-electron chi connectivity index (χ1n) is 7.50. The second-order valence-electron chi connectivity index (χ2n) is 5.65. The van der Waals surface area contributed by atoms with Gasteiger partial charge >= 0.3 is 0 Å². The molecule has 1 aromatic carbocycles. The third-order valence-corrected chi connectivity index (χ3v) is 4.40. The smallest absolute Gasteiger partial charge is 0.0399 e. The van der Waals surface area contributed by atoms with Crippen molar-refractivity contribution >= 4 is 5.69 Å². The second kappa shape index (κ2) is 5.75. The SMILES string of the molecule is c1ccc2c(c1)CCN2CCNC1CCCCC1. The highest BCUT2D eigenvalue weighted by Gasteiger charge is 2.18. The van der Waals surface area contributed by atoms with Crippen LogP contribution in [0.3, 0.4) is 0 Å². The minimum absolute atomic E-state index is 0.789. The van der Waals surface area contributed by atoms with E-state index >= 15 is 0 Å². The van der Waals surface area contributed by atoms with Crippen LogP contribution < -0.4 is 10.2 Å². The molecule has 1 N–H and O–H groups in total. The molecule has 0 atom stereocenters. The van der Waals surface area contributed by atoms with Gasteiger partial charge in [0.25, 0.3) is 0 Å². The van der Waals surface area contributed by atoms with Gasteiger partial charge in [0.15, 0.2) is 0 Å². The average molecular weight is 244 g/mol. The minimum atomic E-state index is 0.789. The van der Waals surface area contributed by atoms with Crippen molar-refractivity contribution in [3.05, 3.63) is 29.8 Å². The Labute approximate surface area is 110 Å². The molecule has 98 valence electrons. The number of para-hydroxylation sites is 1. The van der Waals surface area contributed by atoms with E-state index in [0.717, 1.165) is 19.1 Å². The number of rotatable bonds is 4. The lowest BCUT2D eigenvalue weighted by atomic mass is 9.95. The van der Waals surface area contributed by atoms with E-state index in [2.05, 4.69) is 34.5 Å². The number of fused-ring (bicyclic) bond motifs is 1. The number of anilines is 1. The van der Waals surface area contributed by atoms with E-state index in [4.69, 9.17) is 0 Å². The van der Waals surface area contributed by atoms with Crippen molar-refractivity contribution in [1.29, 1.82) is 0 Å². The zero-order valence-electron chi connectivity index (χ0n) is 11.2. The molecule has 18 heavy (non-hydrogen) atoms. The highest BCUT2D eigenvalue weighted by atomic mass is 15.2. The molecule has 1 heterocycles. The Morgan fingerprint density at radius 2 is 1.94 bits per heavy atom. The summed E-state index contributed by atoms with van der Waals surface area (Å²) in [5.41, 5.74) is 2.98. The van der Waals surface area contributed by atoms with E-state index in [1.807, 2.05) is 0 Å². The molecule has 1 saturated carbocycles. The van der Waals surface area contributed by atoms with Crippen molar-refractivity contribution in [3.8, 4) is 0 Å². The molecular weight excluding hydrogens is 220 g/mol. The van der Waals surface area contributed by atoms with Gasteiger partial charge in [0.05, 0.1) is 0 Å². The molecule has 0 radical (unpaired) electrons. The van der Waals surface area contributed by atoms with Crippen molar-refractivity contribution < 1.29 is 0 Å². The van der Waals surface area contributed by atoms with Crippen molar-refractivity contribution in [3.63, 3.8) is 0 Å². The summed E-state index contributed by atoms with van der Waals surface area (Å²) in [5.74, 6) is 0. The van der Waals surface area contributed by atoms with Crippen molar-refractivity contribution in [2.24, 2.45) is 0 Å². The molecule has 0 unspecified atom stereocenters. The fraction of sp³-hybridized carbons (Fsp3) is 0.625. The minimum Gasteiger partial charge on any atom is -0.370 e. The highest BCUT2D eigenvalue weighted by molar-refractivity contribution is 5.57. The van der Waals surface area contributed by atoms with Gasteiger partial charge in [-0.1, -0.05) is 37.5 Å². The first-order chi connectivity index (χ1) is 8.93. The number of nitrogens with one attached hydrogen (secondary N) is 1. The molecule has 1 aliphatic carbocycles. The van der Waals surface area contributed by atoms with Crippen molar-refractivity contribution in [2.75, 3.05) is 24.5 Å². The summed E-state index contributed by atoms with van der Waals surface area (Å²) in [6.45, 7) is 3.50. The lowest BCUT2D eigenvalue weighted by molar-refractivity contribution is 0.376. The van der Waals surface area contributed by atoms with Gasteiger partial charge in [0, 0.05) is 31.4 Å². The monoisotopic (exact) mass is 244 g/mol. The van der Waals surface area contributed by atoms with E-state index in [1.54, 1.807) is 0 Å². The number of nitrogens with zero attached hydrogens (tertiary/aromatic N) is 1. The maximum atomic E-state index is 3.74. The lowest BCUT2D eigenvalue weighted by Crippen LogP contribution is -2.37. The highest BCUT2D eigenvalue weighted by Crippen LogP contribution is 2.26. The Morgan fingerprint density at radius 3 is 2.83 bits per heavy atom. The zero-order valence-corrected chi connectivity index (χ0v) is 11.2. The normalized spacial score (nSPS) is 20.1. The molecule has 2 nitrogen and oxygen atoms in total. The molecular formula is C16H24N2. The molecule has 0 saturated heterocycles. The van der Waals surface area contributed by atoms with E-state index in [-0.39, 0.29) is 0 Å². The van der Waals surface area contributed by atoms with Gasteiger partial charge in [-0.05, 0) is 30.9 Å². The van der Waals surface area contributed by atoms with Gasteiger partial charge in [0.1, 0.15) is 0 Å². The van der Waals surface area contributed by atoms with Crippen LogP contribution in [-0.4, -0.2) is 25.7 Å². The maximum absolute atomic E-state index is 3.74. The van der Waals surface area contributed by atoms with Crippen molar-refractivity contribution in [2.45, 2.75) is 44.6 Å². The Morgan fingerprint density at radius 1 is 1.11 bits per heavy atom. The van der Waals surface area contributed by atoms with Crippen LogP contribution in [-0.2, 0) is 6.42 Å². The molecule has 0 spiro atoms. The summed E-state index contributed by atoms with van der Waals surface area (Å²) < 4.78 is 0. The van der Waals surface area contributed by atoms with Gasteiger partial charge in [-0.25, -0.2) is 0 Å². The van der Waals surface area contributed by atoms with E-state index in [0.29, 0.717) is 0 Å². The van der Waals surface area contributed by atoms with Gasteiger partial charge in [-0.15, -0.1) is 0 Å². The van der Waals surface area contributed by atoms with Crippen LogP contribution in [0.1, 0.15) is 37.7 Å². The van der Waals surface area contributed by atoms with Crippen LogP contribution in [0.4, 0.5) is 5.69 Å². The van der Waals surface area contributed by atoms with Gasteiger partial charge in [-0.2, -0.15) is 0 Å². The molecule has 0 aromatic heterocycles. The summed E-state index contributed by atoms with van der Waals surface area (Å²) in [7, 11) is 0. The molecule has 1 fully saturated rings. The largest absolute Gasteiger partial charge is 0.370 e. The van der Waals surface area contributed by atoms with E-state index < -0.39 is 0 Å². The fourth-order valence-electron chi connectivity index (χ4n) is 3.35. The van der Waals surface area contributed by atoms with Crippen LogP contribution >= 0.6 is 0 Å². The zero-order chi connectivity index (χ0) is 12.2. The van der Waals surface area contributed by atoms with Crippen LogP contribution in [0.25, 0.3) is 0 Å². The average Bonchev–Trinajstić information content (AvgIpc) is 2.84. The van der Waals surface area contributed by atoms with Gasteiger partial charge in [0.2, 0.25) is 0 Å². The predicted octanol–water partition coefficient (Wildman–Crippen LogP) is 2.97. The molecule has 0 bridgehead atoms. The first-order valence-corrected chi connectivity index (χ1v) is 7.50. The summed E-state index contributed by atoms with van der Waals surface area (Å²) in [6, 6.07) is 9.64. The topological polar surface area (TPSA) is 15.3 Å². The van der Waals surface area contributed by atoms with Gasteiger partial charge < -0.3 is 10.2 Å². The summed E-state index contributed by atoms with van der Waals surface area (Å²) in [6.07, 6.45) is 8.28. The molecule has 2 aliphatic rings. The number of benzene rings is 1. The summed E-state index contributed by atoms with van der Waals surface area (Å²) in [4.78, 5) is 2.53. The first kappa shape index (κ1) is 12.0. The summed E-state index contributed by atoms with van der Waals surface area (Å²) >= 11 is 0. The Balaban J connectivity index is 1.47. The molecule has 2 heteroatoms. The predicted molar refractivity (Wildman–Crippen MR) is 77.2 cm³/mol. The third kappa shape index (κ3) is 2.69. The van der Waals surface area contributed by atoms with Gasteiger partial charge in [-0.3, -0.25) is 0 Å². The van der Waals surface area contributed by atoms with E-state index in [1.165, 1.54) is 56.3 Å². The summed E-state index contributed by atoms with van der Waals surface area (Å²) in [5, 5.41) is 3.74. The quantitative estimate of drug-likeness (QED) is 0.876.